The minimum Gasteiger partial charge on any atom is -0.317 e. The van der Waals surface area contributed by atoms with Crippen molar-refractivity contribution in [3.05, 3.63) is 59.2 Å². The summed E-state index contributed by atoms with van der Waals surface area (Å²) < 4.78 is 0. The lowest BCUT2D eigenvalue weighted by molar-refractivity contribution is 0.187. The highest BCUT2D eigenvalue weighted by Gasteiger charge is 2.18. The third kappa shape index (κ3) is 6.38. The quantitative estimate of drug-likeness (QED) is 0.855. The van der Waals surface area contributed by atoms with E-state index in [0.29, 0.717) is 0 Å². The normalized spacial score (nSPS) is 15.2. The zero-order valence-electron chi connectivity index (χ0n) is 15.2. The average molecular weight is 361 g/mol. The van der Waals surface area contributed by atoms with Gasteiger partial charge in [0.15, 0.2) is 0 Å². The Bertz CT molecular complexity index is 608. The molecule has 1 fully saturated rings. The Hall–Kier alpha value is -1.49. The molecule has 0 aliphatic carbocycles. The topological polar surface area (TPSA) is 41.1 Å². The van der Waals surface area contributed by atoms with Gasteiger partial charge in [-0.15, -0.1) is 12.4 Å². The molecule has 3 rings (SSSR count). The van der Waals surface area contributed by atoms with E-state index in [1.807, 2.05) is 0 Å². The first-order chi connectivity index (χ1) is 11.7. The molecule has 0 atom stereocenters. The smallest absolute Gasteiger partial charge is 0.0547 e. The molecule has 5 heteroatoms. The molecule has 0 spiro atoms. The summed E-state index contributed by atoms with van der Waals surface area (Å²) in [6.45, 7) is 9.30. The highest BCUT2D eigenvalue weighted by atomic mass is 35.5. The standard InChI is InChI=1S/C20H28N4.ClH/c1-16-5-3-7-19(22-16)14-24(13-18-9-11-21-12-10-18)15-20-8-4-6-17(2)23-20;/h3-8,18,21H,9-15H2,1-2H3;1H. The van der Waals surface area contributed by atoms with Crippen LogP contribution in [0.2, 0.25) is 0 Å². The lowest BCUT2D eigenvalue weighted by Crippen LogP contribution is -2.36. The van der Waals surface area contributed by atoms with E-state index in [0.717, 1.165) is 61.4 Å². The van der Waals surface area contributed by atoms with Gasteiger partial charge < -0.3 is 5.32 Å². The van der Waals surface area contributed by atoms with Crippen LogP contribution in [-0.4, -0.2) is 34.5 Å². The lowest BCUT2D eigenvalue weighted by atomic mass is 9.97. The van der Waals surface area contributed by atoms with Crippen LogP contribution in [0.1, 0.15) is 35.6 Å². The van der Waals surface area contributed by atoms with Crippen LogP contribution in [0.4, 0.5) is 0 Å². The van der Waals surface area contributed by atoms with Gasteiger partial charge in [0.1, 0.15) is 0 Å². The predicted octanol–water partition coefficient (Wildman–Crippen LogP) is 3.52. The number of nitrogens with zero attached hydrogens (tertiary/aromatic N) is 3. The number of halogens is 1. The molecule has 0 saturated carbocycles. The largest absolute Gasteiger partial charge is 0.317 e. The van der Waals surface area contributed by atoms with Gasteiger partial charge in [0.05, 0.1) is 11.4 Å². The lowest BCUT2D eigenvalue weighted by Gasteiger charge is -2.30. The number of pyridine rings is 2. The van der Waals surface area contributed by atoms with Crippen LogP contribution in [0.15, 0.2) is 36.4 Å². The van der Waals surface area contributed by atoms with Crippen molar-refractivity contribution < 1.29 is 0 Å². The molecule has 0 amide bonds. The van der Waals surface area contributed by atoms with Crippen LogP contribution in [0.3, 0.4) is 0 Å². The molecule has 136 valence electrons. The summed E-state index contributed by atoms with van der Waals surface area (Å²) in [6.07, 6.45) is 2.53. The first-order valence-electron chi connectivity index (χ1n) is 8.97. The van der Waals surface area contributed by atoms with E-state index in [9.17, 15) is 0 Å². The summed E-state index contributed by atoms with van der Waals surface area (Å²) in [5.41, 5.74) is 4.47. The number of hydrogen-bond acceptors (Lipinski definition) is 4. The molecule has 1 saturated heterocycles. The molecule has 3 heterocycles. The van der Waals surface area contributed by atoms with Crippen molar-refractivity contribution in [3.8, 4) is 0 Å². The van der Waals surface area contributed by atoms with Crippen molar-refractivity contribution in [2.45, 2.75) is 39.8 Å². The first-order valence-corrected chi connectivity index (χ1v) is 8.97. The second-order valence-electron chi connectivity index (χ2n) is 6.90. The van der Waals surface area contributed by atoms with Crippen LogP contribution < -0.4 is 5.32 Å². The third-order valence-electron chi connectivity index (χ3n) is 4.64. The molecule has 1 aliphatic heterocycles. The Balaban J connectivity index is 0.00000225. The molecular weight excluding hydrogens is 332 g/mol. The Morgan fingerprint density at radius 3 is 1.92 bits per heavy atom. The molecule has 2 aromatic heterocycles. The number of nitrogens with one attached hydrogen (secondary N) is 1. The molecule has 0 radical (unpaired) electrons. The zero-order valence-corrected chi connectivity index (χ0v) is 16.1. The van der Waals surface area contributed by atoms with Crippen LogP contribution in [0, 0.1) is 19.8 Å². The van der Waals surface area contributed by atoms with Crippen LogP contribution in [-0.2, 0) is 13.1 Å². The van der Waals surface area contributed by atoms with E-state index < -0.39 is 0 Å². The first kappa shape index (κ1) is 19.8. The number of piperidine rings is 1. The molecule has 4 nitrogen and oxygen atoms in total. The fourth-order valence-corrected chi connectivity index (χ4v) is 3.45. The molecule has 0 aromatic carbocycles. The van der Waals surface area contributed by atoms with E-state index in [2.05, 4.69) is 60.5 Å². The predicted molar refractivity (Wildman–Crippen MR) is 105 cm³/mol. The van der Waals surface area contributed by atoms with Crippen LogP contribution >= 0.6 is 12.4 Å². The number of rotatable bonds is 6. The van der Waals surface area contributed by atoms with Gasteiger partial charge in [0.2, 0.25) is 0 Å². The maximum absolute atomic E-state index is 4.69. The summed E-state index contributed by atoms with van der Waals surface area (Å²) in [5, 5.41) is 3.46. The van der Waals surface area contributed by atoms with Crippen molar-refractivity contribution >= 4 is 12.4 Å². The Morgan fingerprint density at radius 1 is 0.920 bits per heavy atom. The number of aryl methyl sites for hydroxylation is 2. The van der Waals surface area contributed by atoms with Crippen molar-refractivity contribution in [3.63, 3.8) is 0 Å². The zero-order chi connectivity index (χ0) is 16.8. The number of hydrogen-bond donors (Lipinski definition) is 1. The summed E-state index contributed by atoms with van der Waals surface area (Å²) in [7, 11) is 0. The molecular formula is C20H29ClN4. The van der Waals surface area contributed by atoms with Gasteiger partial charge in [-0.05, 0) is 70.0 Å². The maximum atomic E-state index is 4.69. The van der Waals surface area contributed by atoms with Crippen molar-refractivity contribution in [2.24, 2.45) is 5.92 Å². The second-order valence-corrected chi connectivity index (χ2v) is 6.90. The molecule has 1 aliphatic rings. The second kappa shape index (κ2) is 9.85. The maximum Gasteiger partial charge on any atom is 0.0547 e. The van der Waals surface area contributed by atoms with E-state index >= 15 is 0 Å². The van der Waals surface area contributed by atoms with Crippen molar-refractivity contribution in [1.29, 1.82) is 0 Å². The van der Waals surface area contributed by atoms with Gasteiger partial charge in [0, 0.05) is 31.0 Å². The molecule has 1 N–H and O–H groups in total. The Kier molecular flexibility index (Phi) is 7.82. The van der Waals surface area contributed by atoms with Gasteiger partial charge in [-0.3, -0.25) is 14.9 Å². The third-order valence-corrected chi connectivity index (χ3v) is 4.64. The summed E-state index contributed by atoms with van der Waals surface area (Å²) in [5.74, 6) is 0.765. The minimum atomic E-state index is 0. The summed E-state index contributed by atoms with van der Waals surface area (Å²) >= 11 is 0. The van der Waals surface area contributed by atoms with E-state index in [4.69, 9.17) is 9.97 Å². The molecule has 2 aromatic rings. The van der Waals surface area contributed by atoms with Crippen LogP contribution in [0.5, 0.6) is 0 Å². The van der Waals surface area contributed by atoms with Gasteiger partial charge in [-0.25, -0.2) is 0 Å². The van der Waals surface area contributed by atoms with E-state index in [1.54, 1.807) is 0 Å². The summed E-state index contributed by atoms with van der Waals surface area (Å²) in [4.78, 5) is 11.9. The van der Waals surface area contributed by atoms with Gasteiger partial charge in [0.25, 0.3) is 0 Å². The fraction of sp³-hybridized carbons (Fsp3) is 0.500. The van der Waals surface area contributed by atoms with E-state index in [1.165, 1.54) is 12.8 Å². The number of aromatic nitrogens is 2. The molecule has 0 bridgehead atoms. The highest BCUT2D eigenvalue weighted by molar-refractivity contribution is 5.85. The van der Waals surface area contributed by atoms with Crippen LogP contribution in [0.25, 0.3) is 0 Å². The van der Waals surface area contributed by atoms with E-state index in [-0.39, 0.29) is 12.4 Å². The summed E-state index contributed by atoms with van der Waals surface area (Å²) in [6, 6.07) is 12.6. The minimum absolute atomic E-state index is 0. The Labute approximate surface area is 157 Å². The monoisotopic (exact) mass is 360 g/mol. The molecule has 25 heavy (non-hydrogen) atoms. The SMILES string of the molecule is Cc1cccc(CN(Cc2cccc(C)n2)CC2CCNCC2)n1.Cl. The van der Waals surface area contributed by atoms with Crippen molar-refractivity contribution in [1.82, 2.24) is 20.2 Å². The Morgan fingerprint density at radius 2 is 1.44 bits per heavy atom. The van der Waals surface area contributed by atoms with Gasteiger partial charge in [-0.2, -0.15) is 0 Å². The molecule has 0 unspecified atom stereocenters. The van der Waals surface area contributed by atoms with Gasteiger partial charge >= 0.3 is 0 Å². The van der Waals surface area contributed by atoms with Crippen molar-refractivity contribution in [2.75, 3.05) is 19.6 Å². The highest BCUT2D eigenvalue weighted by Crippen LogP contribution is 2.17. The fourth-order valence-electron chi connectivity index (χ4n) is 3.45. The average Bonchev–Trinajstić information content (AvgIpc) is 2.56. The van der Waals surface area contributed by atoms with Gasteiger partial charge in [-0.1, -0.05) is 12.1 Å².